The minimum Gasteiger partial charge on any atom is -0.241 e. The van der Waals surface area contributed by atoms with E-state index in [2.05, 4.69) is 69.4 Å². The molecule has 0 saturated carbocycles. The molecule has 0 amide bonds. The van der Waals surface area contributed by atoms with Gasteiger partial charge >= 0.3 is 0 Å². The van der Waals surface area contributed by atoms with E-state index in [-0.39, 0.29) is 0 Å². The van der Waals surface area contributed by atoms with Crippen LogP contribution < -0.4 is 0 Å². The number of hydrogen-bond donors (Lipinski definition) is 0. The van der Waals surface area contributed by atoms with Gasteiger partial charge in [0, 0.05) is 25.7 Å². The van der Waals surface area contributed by atoms with Gasteiger partial charge in [-0.15, -0.1) is 11.3 Å². The summed E-state index contributed by atoms with van der Waals surface area (Å²) in [5.74, 6) is 0. The number of thiophene rings is 1. The highest BCUT2D eigenvalue weighted by Gasteiger charge is 2.10. The van der Waals surface area contributed by atoms with Crippen molar-refractivity contribution in [3.05, 3.63) is 65.3 Å². The van der Waals surface area contributed by atoms with Crippen molar-refractivity contribution in [2.75, 3.05) is 0 Å². The molecular weight excluding hydrogens is 330 g/mol. The summed E-state index contributed by atoms with van der Waals surface area (Å²) in [6.45, 7) is 0. The van der Waals surface area contributed by atoms with Gasteiger partial charge in [0.25, 0.3) is 0 Å². The molecule has 0 aliphatic heterocycles. The lowest BCUT2D eigenvalue weighted by Gasteiger charge is -2.03. The van der Waals surface area contributed by atoms with Gasteiger partial charge in [-0.1, -0.05) is 42.5 Å². The van der Waals surface area contributed by atoms with Crippen molar-refractivity contribution in [3.63, 3.8) is 0 Å². The van der Waals surface area contributed by atoms with Gasteiger partial charge in [-0.25, -0.2) is 4.98 Å². The largest absolute Gasteiger partial charge is 0.241 e. The summed E-state index contributed by atoms with van der Waals surface area (Å²) in [5, 5.41) is 2.63. The Kier molecular flexibility index (Phi) is 2.83. The first-order chi connectivity index (χ1) is 9.83. The van der Waals surface area contributed by atoms with Gasteiger partial charge in [0.15, 0.2) is 0 Å². The van der Waals surface area contributed by atoms with Crippen LogP contribution in [0.1, 0.15) is 0 Å². The molecule has 2 heterocycles. The Morgan fingerprint density at radius 2 is 1.60 bits per heavy atom. The second kappa shape index (κ2) is 4.69. The molecule has 0 unspecified atom stereocenters. The number of halogens is 1. The summed E-state index contributed by atoms with van der Waals surface area (Å²) in [7, 11) is 0. The van der Waals surface area contributed by atoms with E-state index in [1.165, 1.54) is 25.7 Å². The van der Waals surface area contributed by atoms with Gasteiger partial charge in [0.1, 0.15) is 4.60 Å². The Labute approximate surface area is 129 Å². The molecule has 0 N–H and O–H groups in total. The number of pyridine rings is 1. The van der Waals surface area contributed by atoms with Crippen LogP contribution >= 0.6 is 27.3 Å². The molecule has 0 bridgehead atoms. The van der Waals surface area contributed by atoms with Crippen LogP contribution in [-0.4, -0.2) is 4.98 Å². The number of rotatable bonds is 1. The SMILES string of the molecule is Brc1cccc(-c2cccc3c2sc2ccccc23)n1. The highest BCUT2D eigenvalue weighted by Crippen LogP contribution is 2.39. The van der Waals surface area contributed by atoms with Crippen molar-refractivity contribution in [1.82, 2.24) is 4.98 Å². The molecule has 4 aromatic rings. The molecular formula is C17H10BrNS. The zero-order valence-electron chi connectivity index (χ0n) is 10.5. The predicted molar refractivity (Wildman–Crippen MR) is 90.3 cm³/mol. The Morgan fingerprint density at radius 1 is 0.800 bits per heavy atom. The summed E-state index contributed by atoms with van der Waals surface area (Å²) in [6.07, 6.45) is 0. The van der Waals surface area contributed by atoms with Crippen LogP contribution in [0.5, 0.6) is 0 Å². The summed E-state index contributed by atoms with van der Waals surface area (Å²) in [6, 6.07) is 21.0. The van der Waals surface area contributed by atoms with Crippen molar-refractivity contribution in [1.29, 1.82) is 0 Å². The van der Waals surface area contributed by atoms with E-state index in [0.29, 0.717) is 0 Å². The highest BCUT2D eigenvalue weighted by molar-refractivity contribution is 9.10. The van der Waals surface area contributed by atoms with E-state index in [9.17, 15) is 0 Å². The average molecular weight is 340 g/mol. The van der Waals surface area contributed by atoms with Gasteiger partial charge in [-0.3, -0.25) is 0 Å². The Balaban J connectivity index is 2.10. The Bertz CT molecular complexity index is 926. The van der Waals surface area contributed by atoms with Crippen molar-refractivity contribution in [2.24, 2.45) is 0 Å². The van der Waals surface area contributed by atoms with Gasteiger partial charge in [-0.2, -0.15) is 0 Å². The van der Waals surface area contributed by atoms with Crippen molar-refractivity contribution in [3.8, 4) is 11.3 Å². The van der Waals surface area contributed by atoms with Crippen molar-refractivity contribution >= 4 is 47.4 Å². The third kappa shape index (κ3) is 1.86. The van der Waals surface area contributed by atoms with Crippen molar-refractivity contribution < 1.29 is 0 Å². The van der Waals surface area contributed by atoms with Crippen LogP contribution in [0.25, 0.3) is 31.4 Å². The second-order valence-corrected chi connectivity index (χ2v) is 6.49. The van der Waals surface area contributed by atoms with Crippen LogP contribution in [0.15, 0.2) is 65.3 Å². The first-order valence-electron chi connectivity index (χ1n) is 6.36. The zero-order chi connectivity index (χ0) is 13.5. The first kappa shape index (κ1) is 12.1. The maximum atomic E-state index is 4.59. The van der Waals surface area contributed by atoms with E-state index < -0.39 is 0 Å². The summed E-state index contributed by atoms with van der Waals surface area (Å²) in [4.78, 5) is 4.59. The van der Waals surface area contributed by atoms with Gasteiger partial charge in [0.2, 0.25) is 0 Å². The third-order valence-electron chi connectivity index (χ3n) is 3.40. The molecule has 20 heavy (non-hydrogen) atoms. The number of aromatic nitrogens is 1. The highest BCUT2D eigenvalue weighted by atomic mass is 79.9. The van der Waals surface area contributed by atoms with Gasteiger partial charge < -0.3 is 0 Å². The maximum Gasteiger partial charge on any atom is 0.106 e. The normalized spacial score (nSPS) is 11.2. The zero-order valence-corrected chi connectivity index (χ0v) is 12.9. The molecule has 0 spiro atoms. The standard InChI is InChI=1S/C17H10BrNS/c18-16-10-4-8-14(19-16)13-7-3-6-12-11-5-1-2-9-15(11)20-17(12)13/h1-10H. The third-order valence-corrected chi connectivity index (χ3v) is 5.06. The lowest BCUT2D eigenvalue weighted by molar-refractivity contribution is 1.28. The summed E-state index contributed by atoms with van der Waals surface area (Å²) < 4.78 is 3.50. The van der Waals surface area contributed by atoms with Crippen LogP contribution in [-0.2, 0) is 0 Å². The molecule has 0 fully saturated rings. The number of benzene rings is 2. The van der Waals surface area contributed by atoms with Crippen LogP contribution in [0.3, 0.4) is 0 Å². The number of fused-ring (bicyclic) bond motifs is 3. The van der Waals surface area contributed by atoms with E-state index in [1.807, 2.05) is 23.5 Å². The Morgan fingerprint density at radius 3 is 2.50 bits per heavy atom. The van der Waals surface area contributed by atoms with E-state index in [0.717, 1.165) is 10.3 Å². The summed E-state index contributed by atoms with van der Waals surface area (Å²) in [5.41, 5.74) is 2.21. The molecule has 0 radical (unpaired) electrons. The average Bonchev–Trinajstić information content (AvgIpc) is 2.86. The molecule has 0 aliphatic rings. The lowest BCUT2D eigenvalue weighted by Crippen LogP contribution is -1.83. The lowest BCUT2D eigenvalue weighted by atomic mass is 10.1. The Hall–Kier alpha value is -1.71. The minimum atomic E-state index is 0.869. The van der Waals surface area contributed by atoms with Crippen LogP contribution in [0.4, 0.5) is 0 Å². The molecule has 0 aliphatic carbocycles. The number of nitrogens with zero attached hydrogens (tertiary/aromatic N) is 1. The maximum absolute atomic E-state index is 4.59. The summed E-state index contributed by atoms with van der Waals surface area (Å²) >= 11 is 5.28. The van der Waals surface area contributed by atoms with Crippen molar-refractivity contribution in [2.45, 2.75) is 0 Å². The molecule has 0 atom stereocenters. The molecule has 96 valence electrons. The molecule has 1 nitrogen and oxygen atoms in total. The van der Waals surface area contributed by atoms with E-state index in [1.54, 1.807) is 0 Å². The first-order valence-corrected chi connectivity index (χ1v) is 7.97. The van der Waals surface area contributed by atoms with Gasteiger partial charge in [-0.05, 0) is 34.1 Å². The molecule has 2 aromatic carbocycles. The second-order valence-electron chi connectivity index (χ2n) is 4.63. The molecule has 4 rings (SSSR count). The predicted octanol–water partition coefficient (Wildman–Crippen LogP) is 5.88. The topological polar surface area (TPSA) is 12.9 Å². The monoisotopic (exact) mass is 339 g/mol. The quantitative estimate of drug-likeness (QED) is 0.394. The fourth-order valence-electron chi connectivity index (χ4n) is 2.51. The van der Waals surface area contributed by atoms with Crippen LogP contribution in [0, 0.1) is 0 Å². The molecule has 3 heteroatoms. The van der Waals surface area contributed by atoms with E-state index in [4.69, 9.17) is 0 Å². The smallest absolute Gasteiger partial charge is 0.106 e. The molecule has 0 saturated heterocycles. The molecule has 2 aromatic heterocycles. The van der Waals surface area contributed by atoms with E-state index >= 15 is 0 Å². The number of hydrogen-bond acceptors (Lipinski definition) is 2. The minimum absolute atomic E-state index is 0.869. The van der Waals surface area contributed by atoms with Gasteiger partial charge in [0.05, 0.1) is 5.69 Å². The fraction of sp³-hybridized carbons (Fsp3) is 0. The fourth-order valence-corrected chi connectivity index (χ4v) is 4.08. The van der Waals surface area contributed by atoms with Crippen LogP contribution in [0.2, 0.25) is 0 Å².